The first-order chi connectivity index (χ1) is 23.0. The molecular formula is C38H41N4O5-. The molecule has 5 rings (SSSR count). The van der Waals surface area contributed by atoms with Crippen LogP contribution in [0.2, 0.25) is 0 Å². The maximum absolute atomic E-state index is 13.8. The third-order valence-electron chi connectivity index (χ3n) is 8.38. The van der Waals surface area contributed by atoms with Crippen LogP contribution < -0.4 is 21.1 Å². The van der Waals surface area contributed by atoms with E-state index in [-0.39, 0.29) is 31.5 Å². The monoisotopic (exact) mass is 633 g/mol. The van der Waals surface area contributed by atoms with Gasteiger partial charge in [-0.3, -0.25) is 14.6 Å². The third kappa shape index (κ3) is 8.84. The van der Waals surface area contributed by atoms with E-state index in [1.807, 2.05) is 73.8 Å². The number of aliphatic imine (C=N–C) groups is 1. The summed E-state index contributed by atoms with van der Waals surface area (Å²) in [7, 11) is 1.86. The van der Waals surface area contributed by atoms with Crippen molar-refractivity contribution in [1.29, 1.82) is 0 Å². The van der Waals surface area contributed by atoms with Gasteiger partial charge in [0, 0.05) is 24.6 Å². The van der Waals surface area contributed by atoms with Crippen molar-refractivity contribution in [1.82, 2.24) is 10.6 Å². The maximum atomic E-state index is 13.8. The van der Waals surface area contributed by atoms with Crippen LogP contribution in [0.1, 0.15) is 47.4 Å². The van der Waals surface area contributed by atoms with Crippen molar-refractivity contribution in [2.24, 2.45) is 4.99 Å². The van der Waals surface area contributed by atoms with Crippen molar-refractivity contribution < 1.29 is 24.5 Å². The molecule has 4 aromatic rings. The van der Waals surface area contributed by atoms with Crippen LogP contribution in [-0.2, 0) is 27.4 Å². The van der Waals surface area contributed by atoms with Crippen molar-refractivity contribution >= 4 is 23.6 Å². The number of amides is 2. The highest BCUT2D eigenvalue weighted by Gasteiger charge is 2.28. The fraction of sp³-hybridized carbons (Fsp3) is 0.289. The first-order valence-corrected chi connectivity index (χ1v) is 16.0. The molecule has 1 aliphatic rings. The van der Waals surface area contributed by atoms with E-state index in [9.17, 15) is 19.8 Å². The Labute approximate surface area is 275 Å². The molecule has 0 unspecified atom stereocenters. The van der Waals surface area contributed by atoms with Crippen LogP contribution in [0, 0.1) is 0 Å². The molecule has 0 bridgehead atoms. The fourth-order valence-corrected chi connectivity index (χ4v) is 5.90. The Kier molecular flexibility index (Phi) is 11.7. The third-order valence-corrected chi connectivity index (χ3v) is 8.38. The average Bonchev–Trinajstić information content (AvgIpc) is 3.42. The van der Waals surface area contributed by atoms with E-state index in [0.29, 0.717) is 18.5 Å². The summed E-state index contributed by atoms with van der Waals surface area (Å²) < 4.78 is 5.71. The highest BCUT2D eigenvalue weighted by molar-refractivity contribution is 5.98. The Hall–Kier alpha value is -4.99. The number of carbonyl (C=O) groups is 2. The molecule has 2 amide bonds. The molecule has 0 saturated carbocycles. The second-order valence-corrected chi connectivity index (χ2v) is 11.6. The van der Waals surface area contributed by atoms with Gasteiger partial charge < -0.3 is 30.9 Å². The highest BCUT2D eigenvalue weighted by Crippen LogP contribution is 2.44. The van der Waals surface area contributed by atoms with E-state index in [1.165, 1.54) is 0 Å². The van der Waals surface area contributed by atoms with Crippen LogP contribution in [0.25, 0.3) is 11.1 Å². The smallest absolute Gasteiger partial charge is 0.246 e. The van der Waals surface area contributed by atoms with E-state index < -0.39 is 24.1 Å². The number of nitrogens with zero attached hydrogens (tertiary/aromatic N) is 1. The Morgan fingerprint density at radius 1 is 0.830 bits per heavy atom. The van der Waals surface area contributed by atoms with Gasteiger partial charge in [-0.1, -0.05) is 91.0 Å². The van der Waals surface area contributed by atoms with Gasteiger partial charge >= 0.3 is 0 Å². The van der Waals surface area contributed by atoms with Crippen molar-refractivity contribution in [3.63, 3.8) is 0 Å². The van der Waals surface area contributed by atoms with Gasteiger partial charge in [0.25, 0.3) is 0 Å². The fourth-order valence-electron chi connectivity index (χ4n) is 5.90. The molecule has 4 N–H and O–H groups in total. The lowest BCUT2D eigenvalue weighted by Gasteiger charge is -2.24. The quantitative estimate of drug-likeness (QED) is 0.0883. The summed E-state index contributed by atoms with van der Waals surface area (Å²) in [6.45, 7) is 0.759. The molecule has 0 aliphatic heterocycles. The van der Waals surface area contributed by atoms with Gasteiger partial charge in [-0.05, 0) is 78.4 Å². The molecule has 0 spiro atoms. The number of hydrogen-bond acceptors (Lipinski definition) is 7. The molecule has 0 saturated heterocycles. The minimum atomic E-state index is -1.11. The predicted octanol–water partition coefficient (Wildman–Crippen LogP) is 4.15. The van der Waals surface area contributed by atoms with E-state index in [1.54, 1.807) is 24.3 Å². The number of hydrogen-bond donors (Lipinski definition) is 4. The van der Waals surface area contributed by atoms with Crippen molar-refractivity contribution in [3.05, 3.63) is 125 Å². The predicted molar refractivity (Wildman–Crippen MR) is 182 cm³/mol. The number of nitrogens with one attached hydrogen (secondary N) is 3. The van der Waals surface area contributed by atoms with Gasteiger partial charge in [-0.15, -0.1) is 0 Å². The zero-order valence-corrected chi connectivity index (χ0v) is 26.5. The molecule has 244 valence electrons. The lowest BCUT2D eigenvalue weighted by molar-refractivity contribution is -0.251. The number of fused-ring (bicyclic) bond motifs is 3. The molecule has 4 aromatic carbocycles. The topological polar surface area (TPSA) is 135 Å². The number of aliphatic hydroxyl groups is 1. The molecular weight excluding hydrogens is 592 g/mol. The number of anilines is 1. The minimum Gasteiger partial charge on any atom is -0.599 e. The van der Waals surface area contributed by atoms with Crippen LogP contribution in [0.3, 0.4) is 0 Å². The number of unbranched alkanes of at least 4 members (excludes halogenated alkanes) is 1. The Balaban J connectivity index is 1.32. The van der Waals surface area contributed by atoms with Gasteiger partial charge in [-0.2, -0.15) is 0 Å². The molecule has 0 aromatic heterocycles. The van der Waals surface area contributed by atoms with E-state index in [2.05, 4.69) is 33.1 Å². The highest BCUT2D eigenvalue weighted by atomic mass is 16.6. The summed E-state index contributed by atoms with van der Waals surface area (Å²) in [6.07, 6.45) is 1.24. The summed E-state index contributed by atoms with van der Waals surface area (Å²) >= 11 is 0. The van der Waals surface area contributed by atoms with Gasteiger partial charge in [-0.25, -0.2) is 0 Å². The summed E-state index contributed by atoms with van der Waals surface area (Å²) in [6, 6.07) is 30.4. The molecule has 9 heteroatoms. The van der Waals surface area contributed by atoms with Crippen LogP contribution in [0.15, 0.2) is 108 Å². The summed E-state index contributed by atoms with van der Waals surface area (Å²) in [5.74, 6) is -1.05. The first kappa shape index (κ1) is 33.4. The SMILES string of the molecule is CNCCCC[C@H](NC(=O)[C@H](Cc1ccccc1)N=C([O-])OCC1c2ccccc2-c2ccccc21)C(=O)Nc1ccc(CO)cc1. The maximum Gasteiger partial charge on any atom is 0.246 e. The molecule has 0 radical (unpaired) electrons. The van der Waals surface area contributed by atoms with E-state index in [0.717, 1.165) is 46.3 Å². The number of benzene rings is 4. The number of rotatable bonds is 15. The lowest BCUT2D eigenvalue weighted by atomic mass is 9.98. The van der Waals surface area contributed by atoms with Crippen LogP contribution in [0.4, 0.5) is 5.69 Å². The zero-order chi connectivity index (χ0) is 33.0. The molecule has 2 atom stereocenters. The van der Waals surface area contributed by atoms with Crippen LogP contribution in [0.5, 0.6) is 0 Å². The second kappa shape index (κ2) is 16.5. The molecule has 1 aliphatic carbocycles. The van der Waals surface area contributed by atoms with E-state index >= 15 is 0 Å². The second-order valence-electron chi connectivity index (χ2n) is 11.6. The van der Waals surface area contributed by atoms with Gasteiger partial charge in [0.15, 0.2) is 0 Å². The molecule has 0 heterocycles. The normalized spacial score (nSPS) is 13.7. The van der Waals surface area contributed by atoms with E-state index in [4.69, 9.17) is 4.74 Å². The van der Waals surface area contributed by atoms with Crippen molar-refractivity contribution in [3.8, 4) is 11.1 Å². The number of carbonyl (C=O) groups excluding carboxylic acids is 2. The lowest BCUT2D eigenvalue weighted by Crippen LogP contribution is -2.48. The van der Waals surface area contributed by atoms with Crippen LogP contribution in [-0.4, -0.2) is 55.3 Å². The number of aliphatic hydroxyl groups excluding tert-OH is 1. The molecule has 9 nitrogen and oxygen atoms in total. The standard InChI is InChI=1S/C38H42N4O5/c1-39-22-10-9-17-34(36(44)40-28-20-18-27(24-43)19-21-28)41-37(45)35(23-26-11-3-2-4-12-26)42-38(46)47-25-33-31-15-7-5-13-29(31)30-14-6-8-16-32(30)33/h2-8,11-16,18-21,33-35,39,43H,9-10,17,22-25H2,1H3,(H,40,44)(H,41,45)(H,42,46)/p-1/t34-,35-/m0/s1. The van der Waals surface area contributed by atoms with Crippen molar-refractivity contribution in [2.75, 3.05) is 25.5 Å². The Morgan fingerprint density at radius 3 is 2.11 bits per heavy atom. The van der Waals surface area contributed by atoms with Crippen LogP contribution >= 0.6 is 0 Å². The minimum absolute atomic E-state index is 0.0849. The average molecular weight is 634 g/mol. The first-order valence-electron chi connectivity index (χ1n) is 16.0. The molecule has 0 fully saturated rings. The van der Waals surface area contributed by atoms with Gasteiger partial charge in [0.1, 0.15) is 18.2 Å². The number of ether oxygens (including phenoxy) is 1. The summed E-state index contributed by atoms with van der Waals surface area (Å²) in [4.78, 5) is 31.4. The zero-order valence-electron chi connectivity index (χ0n) is 26.5. The Bertz CT molecular complexity index is 1610. The summed E-state index contributed by atoms with van der Waals surface area (Å²) in [5, 5.41) is 31.4. The van der Waals surface area contributed by atoms with Gasteiger partial charge in [0.2, 0.25) is 11.8 Å². The Morgan fingerprint density at radius 2 is 1.47 bits per heavy atom. The summed E-state index contributed by atoms with van der Waals surface area (Å²) in [5.41, 5.74) is 6.49. The molecule has 47 heavy (non-hydrogen) atoms. The van der Waals surface area contributed by atoms with Crippen molar-refractivity contribution in [2.45, 2.75) is 50.3 Å². The largest absolute Gasteiger partial charge is 0.599 e. The van der Waals surface area contributed by atoms with Gasteiger partial charge in [0.05, 0.1) is 6.61 Å².